The number of anilines is 3. The van der Waals surface area contributed by atoms with E-state index in [4.69, 9.17) is 21.1 Å². The van der Waals surface area contributed by atoms with Gasteiger partial charge in [-0.05, 0) is 59.4 Å². The van der Waals surface area contributed by atoms with Crippen molar-refractivity contribution in [1.82, 2.24) is 9.97 Å². The molecule has 0 aliphatic carbocycles. The number of nitrogens with one attached hydrogen (secondary N) is 2. The molecule has 160 valence electrons. The van der Waals surface area contributed by atoms with Crippen LogP contribution in [-0.4, -0.2) is 32.6 Å². The van der Waals surface area contributed by atoms with Gasteiger partial charge in [-0.1, -0.05) is 0 Å². The molecule has 2 aromatic heterocycles. The summed E-state index contributed by atoms with van der Waals surface area (Å²) in [5.74, 6) is 1.48. The molecule has 0 saturated heterocycles. The van der Waals surface area contributed by atoms with Crippen molar-refractivity contribution in [2.45, 2.75) is 4.90 Å². The molecule has 0 aliphatic rings. The topological polar surface area (TPSA) is 102 Å². The molecule has 0 amide bonds. The third-order valence-electron chi connectivity index (χ3n) is 4.36. The van der Waals surface area contributed by atoms with Crippen LogP contribution in [0.3, 0.4) is 0 Å². The normalized spacial score (nSPS) is 11.3. The molecule has 0 radical (unpaired) electrons. The Hall–Kier alpha value is -3.08. The predicted molar refractivity (Wildman–Crippen MR) is 123 cm³/mol. The molecule has 0 saturated carbocycles. The molecular weight excluding hydrogens is 460 g/mol. The molecule has 0 atom stereocenters. The molecule has 31 heavy (non-hydrogen) atoms. The van der Waals surface area contributed by atoms with Gasteiger partial charge in [0.15, 0.2) is 11.5 Å². The summed E-state index contributed by atoms with van der Waals surface area (Å²) in [5.41, 5.74) is 1.19. The smallest absolute Gasteiger partial charge is 0.262 e. The monoisotopic (exact) mass is 476 g/mol. The number of halogens is 1. The Morgan fingerprint density at radius 1 is 1.00 bits per heavy atom. The van der Waals surface area contributed by atoms with Gasteiger partial charge in [0.2, 0.25) is 5.28 Å². The van der Waals surface area contributed by atoms with Crippen LogP contribution in [0.15, 0.2) is 58.8 Å². The molecule has 0 aliphatic heterocycles. The molecule has 4 aromatic rings. The molecule has 0 unspecified atom stereocenters. The van der Waals surface area contributed by atoms with Gasteiger partial charge in [-0.3, -0.25) is 4.72 Å². The highest BCUT2D eigenvalue weighted by Gasteiger charge is 2.16. The van der Waals surface area contributed by atoms with Crippen LogP contribution in [0, 0.1) is 0 Å². The van der Waals surface area contributed by atoms with E-state index in [0.29, 0.717) is 38.9 Å². The number of rotatable bonds is 7. The summed E-state index contributed by atoms with van der Waals surface area (Å²) >= 11 is 7.40. The van der Waals surface area contributed by atoms with Crippen molar-refractivity contribution in [3.05, 3.63) is 59.2 Å². The fourth-order valence-corrected chi connectivity index (χ4v) is 5.01. The lowest BCUT2D eigenvalue weighted by molar-refractivity contribution is 0.356. The molecule has 2 aromatic carbocycles. The van der Waals surface area contributed by atoms with E-state index in [1.807, 2.05) is 0 Å². The number of fused-ring (bicyclic) bond motifs is 1. The minimum Gasteiger partial charge on any atom is -0.493 e. The number of sulfonamides is 1. The van der Waals surface area contributed by atoms with Gasteiger partial charge in [-0.2, -0.15) is 4.98 Å². The van der Waals surface area contributed by atoms with E-state index in [2.05, 4.69) is 20.0 Å². The van der Waals surface area contributed by atoms with Crippen LogP contribution in [0.1, 0.15) is 0 Å². The number of ether oxygens (including phenoxy) is 2. The van der Waals surface area contributed by atoms with Crippen LogP contribution in [0.5, 0.6) is 11.5 Å². The summed E-state index contributed by atoms with van der Waals surface area (Å²) in [4.78, 5) is 8.64. The zero-order valence-electron chi connectivity index (χ0n) is 16.4. The van der Waals surface area contributed by atoms with Crippen molar-refractivity contribution in [2.24, 2.45) is 0 Å². The van der Waals surface area contributed by atoms with Crippen molar-refractivity contribution < 1.29 is 17.9 Å². The Kier molecular flexibility index (Phi) is 5.86. The first-order valence-electron chi connectivity index (χ1n) is 8.92. The van der Waals surface area contributed by atoms with Crippen LogP contribution in [0.4, 0.5) is 16.5 Å². The van der Waals surface area contributed by atoms with Crippen molar-refractivity contribution in [3.8, 4) is 11.5 Å². The second-order valence-electron chi connectivity index (χ2n) is 6.30. The van der Waals surface area contributed by atoms with Crippen molar-refractivity contribution in [3.63, 3.8) is 0 Å². The number of aromatic nitrogens is 2. The summed E-state index contributed by atoms with van der Waals surface area (Å²) in [6, 6.07) is 13.2. The first kappa shape index (κ1) is 21.2. The first-order chi connectivity index (χ1) is 14.9. The standard InChI is InChI=1S/C20H17ClN4O4S2/c1-28-16-10-14-15(11-17(16)29-2)23-20(21)24-19(14)22-12-5-7-13(8-6-12)31(26,27)25-18-4-3-9-30-18/h3-11,25H,1-2H3,(H,22,23,24). The minimum absolute atomic E-state index is 0.0570. The molecule has 0 bridgehead atoms. The summed E-state index contributed by atoms with van der Waals surface area (Å²) < 4.78 is 38.3. The van der Waals surface area contributed by atoms with E-state index in [0.717, 1.165) is 0 Å². The van der Waals surface area contributed by atoms with Crippen LogP contribution in [0.25, 0.3) is 10.9 Å². The number of nitrogens with zero attached hydrogens (tertiary/aromatic N) is 2. The maximum atomic E-state index is 12.5. The first-order valence-corrected chi connectivity index (χ1v) is 11.7. The number of benzene rings is 2. The molecule has 11 heteroatoms. The third-order valence-corrected chi connectivity index (χ3v) is 6.82. The molecule has 2 heterocycles. The van der Waals surface area contributed by atoms with E-state index in [9.17, 15) is 8.42 Å². The highest BCUT2D eigenvalue weighted by Crippen LogP contribution is 2.35. The highest BCUT2D eigenvalue weighted by atomic mass is 35.5. The Bertz CT molecular complexity index is 1330. The average Bonchev–Trinajstić information content (AvgIpc) is 3.25. The van der Waals surface area contributed by atoms with Gasteiger partial charge in [-0.15, -0.1) is 11.3 Å². The van der Waals surface area contributed by atoms with Gasteiger partial charge in [0, 0.05) is 17.1 Å². The lowest BCUT2D eigenvalue weighted by Crippen LogP contribution is -2.11. The molecule has 2 N–H and O–H groups in total. The summed E-state index contributed by atoms with van der Waals surface area (Å²) in [5, 5.41) is 6.23. The lowest BCUT2D eigenvalue weighted by atomic mass is 10.2. The highest BCUT2D eigenvalue weighted by molar-refractivity contribution is 7.93. The van der Waals surface area contributed by atoms with E-state index in [1.165, 1.54) is 37.7 Å². The maximum absolute atomic E-state index is 12.5. The second kappa shape index (κ2) is 8.58. The van der Waals surface area contributed by atoms with E-state index in [-0.39, 0.29) is 10.2 Å². The summed E-state index contributed by atoms with van der Waals surface area (Å²) in [6.45, 7) is 0. The zero-order chi connectivity index (χ0) is 22.0. The summed E-state index contributed by atoms with van der Waals surface area (Å²) in [6.07, 6.45) is 0. The van der Waals surface area contributed by atoms with Crippen LogP contribution in [0.2, 0.25) is 5.28 Å². The number of hydrogen-bond donors (Lipinski definition) is 2. The van der Waals surface area contributed by atoms with Crippen LogP contribution in [-0.2, 0) is 10.0 Å². The van der Waals surface area contributed by atoms with Gasteiger partial charge >= 0.3 is 0 Å². The number of thiophene rings is 1. The average molecular weight is 477 g/mol. The number of methoxy groups -OCH3 is 2. The Morgan fingerprint density at radius 2 is 1.71 bits per heavy atom. The SMILES string of the molecule is COc1cc2nc(Cl)nc(Nc3ccc(S(=O)(=O)Nc4cccs4)cc3)c2cc1OC. The van der Waals surface area contributed by atoms with Crippen molar-refractivity contribution in [2.75, 3.05) is 24.3 Å². The van der Waals surface area contributed by atoms with Crippen LogP contribution >= 0.6 is 22.9 Å². The van der Waals surface area contributed by atoms with Crippen molar-refractivity contribution >= 4 is 60.4 Å². The molecule has 8 nitrogen and oxygen atoms in total. The molecule has 4 rings (SSSR count). The fourth-order valence-electron chi connectivity index (χ4n) is 2.90. The zero-order valence-corrected chi connectivity index (χ0v) is 18.8. The van der Waals surface area contributed by atoms with E-state index in [1.54, 1.807) is 41.8 Å². The quantitative estimate of drug-likeness (QED) is 0.365. The van der Waals surface area contributed by atoms with Gasteiger partial charge in [0.1, 0.15) is 10.8 Å². The minimum atomic E-state index is -3.68. The van der Waals surface area contributed by atoms with E-state index >= 15 is 0 Å². The van der Waals surface area contributed by atoms with Gasteiger partial charge in [0.25, 0.3) is 10.0 Å². The van der Waals surface area contributed by atoms with Gasteiger partial charge in [-0.25, -0.2) is 13.4 Å². The maximum Gasteiger partial charge on any atom is 0.262 e. The summed E-state index contributed by atoms with van der Waals surface area (Å²) in [7, 11) is -0.601. The third kappa shape index (κ3) is 4.50. The molecule has 0 fully saturated rings. The molecule has 0 spiro atoms. The lowest BCUT2D eigenvalue weighted by Gasteiger charge is -2.13. The number of hydrogen-bond acceptors (Lipinski definition) is 8. The van der Waals surface area contributed by atoms with Crippen LogP contribution < -0.4 is 19.5 Å². The fraction of sp³-hybridized carbons (Fsp3) is 0.100. The largest absolute Gasteiger partial charge is 0.493 e. The molecular formula is C20H17ClN4O4S2. The van der Waals surface area contributed by atoms with E-state index < -0.39 is 10.0 Å². The Balaban J connectivity index is 1.65. The predicted octanol–water partition coefficient (Wildman–Crippen LogP) is 4.91. The van der Waals surface area contributed by atoms with Gasteiger partial charge in [0.05, 0.1) is 24.6 Å². The Morgan fingerprint density at radius 3 is 2.35 bits per heavy atom. The second-order valence-corrected chi connectivity index (χ2v) is 9.27. The van der Waals surface area contributed by atoms with Crippen molar-refractivity contribution in [1.29, 1.82) is 0 Å². The van der Waals surface area contributed by atoms with Gasteiger partial charge < -0.3 is 14.8 Å². The Labute approximate surface area is 187 Å².